The highest BCUT2D eigenvalue weighted by molar-refractivity contribution is 5.92. The van der Waals surface area contributed by atoms with Gasteiger partial charge in [0.15, 0.2) is 0 Å². The molecule has 0 radical (unpaired) electrons. The number of amides is 1. The van der Waals surface area contributed by atoms with E-state index in [2.05, 4.69) is 23.3 Å². The summed E-state index contributed by atoms with van der Waals surface area (Å²) in [5.41, 5.74) is 2.55. The molecule has 112 valence electrons. The lowest BCUT2D eigenvalue weighted by molar-refractivity contribution is 0.0764. The lowest BCUT2D eigenvalue weighted by Gasteiger charge is -2.26. The molecule has 1 amide bonds. The van der Waals surface area contributed by atoms with Crippen LogP contribution in [0.4, 0.5) is 0 Å². The number of benzene rings is 1. The van der Waals surface area contributed by atoms with Crippen LogP contribution in [0.25, 0.3) is 5.57 Å². The summed E-state index contributed by atoms with van der Waals surface area (Å²) in [5, 5.41) is 4.02. The van der Waals surface area contributed by atoms with E-state index in [1.54, 1.807) is 11.9 Å². The second-order valence-corrected chi connectivity index (χ2v) is 5.28. The third-order valence-electron chi connectivity index (χ3n) is 3.82. The van der Waals surface area contributed by atoms with Crippen LogP contribution in [-0.4, -0.2) is 33.7 Å². The maximum atomic E-state index is 12.4. The maximum absolute atomic E-state index is 12.4. The van der Waals surface area contributed by atoms with Crippen molar-refractivity contribution in [2.45, 2.75) is 6.42 Å². The quantitative estimate of drug-likeness (QED) is 0.847. The number of nitrogens with zero attached hydrogens (tertiary/aromatic N) is 3. The van der Waals surface area contributed by atoms with E-state index in [9.17, 15) is 9.59 Å². The third kappa shape index (κ3) is 2.83. The second-order valence-electron chi connectivity index (χ2n) is 5.28. The first kappa shape index (κ1) is 14.3. The van der Waals surface area contributed by atoms with Crippen LogP contribution in [0.2, 0.25) is 0 Å². The molecule has 3 rings (SSSR count). The molecule has 2 aromatic rings. The Bertz CT molecular complexity index is 778. The summed E-state index contributed by atoms with van der Waals surface area (Å²) in [4.78, 5) is 25.5. The maximum Gasteiger partial charge on any atom is 0.274 e. The smallest absolute Gasteiger partial charge is 0.274 e. The first-order chi connectivity index (χ1) is 10.6. The van der Waals surface area contributed by atoms with Crippen LogP contribution in [0, 0.1) is 0 Å². The predicted molar refractivity (Wildman–Crippen MR) is 84.4 cm³/mol. The Kier molecular flexibility index (Phi) is 3.87. The van der Waals surface area contributed by atoms with Crippen LogP contribution in [0.15, 0.2) is 53.3 Å². The fourth-order valence-electron chi connectivity index (χ4n) is 2.55. The van der Waals surface area contributed by atoms with Gasteiger partial charge in [0.25, 0.3) is 11.5 Å². The molecule has 2 heterocycles. The molecule has 0 atom stereocenters. The SMILES string of the molecule is Cn1nc(C(=O)N2CC=C(c3ccccc3)CC2)ccc1=O. The predicted octanol–water partition coefficient (Wildman–Crippen LogP) is 1.71. The van der Waals surface area contributed by atoms with Crippen molar-refractivity contribution >= 4 is 11.5 Å². The molecule has 0 bridgehead atoms. The largest absolute Gasteiger partial charge is 0.333 e. The van der Waals surface area contributed by atoms with Gasteiger partial charge in [0.1, 0.15) is 5.69 Å². The molecule has 0 saturated carbocycles. The Morgan fingerprint density at radius 3 is 2.55 bits per heavy atom. The van der Waals surface area contributed by atoms with Gasteiger partial charge in [0.2, 0.25) is 0 Å². The van der Waals surface area contributed by atoms with E-state index in [1.807, 2.05) is 18.2 Å². The van der Waals surface area contributed by atoms with Gasteiger partial charge >= 0.3 is 0 Å². The number of carbonyl (C=O) groups excluding carboxylic acids is 1. The first-order valence-electron chi connectivity index (χ1n) is 7.23. The molecular weight excluding hydrogens is 278 g/mol. The average Bonchev–Trinajstić information content (AvgIpc) is 2.58. The van der Waals surface area contributed by atoms with Crippen molar-refractivity contribution in [2.75, 3.05) is 13.1 Å². The lowest BCUT2D eigenvalue weighted by Crippen LogP contribution is -2.36. The Labute approximate surface area is 128 Å². The zero-order chi connectivity index (χ0) is 15.5. The molecule has 1 aliphatic heterocycles. The average molecular weight is 295 g/mol. The summed E-state index contributed by atoms with van der Waals surface area (Å²) < 4.78 is 1.18. The van der Waals surface area contributed by atoms with Crippen LogP contribution in [0.1, 0.15) is 22.5 Å². The van der Waals surface area contributed by atoms with Gasteiger partial charge in [-0.15, -0.1) is 0 Å². The van der Waals surface area contributed by atoms with E-state index in [1.165, 1.54) is 28.0 Å². The summed E-state index contributed by atoms with van der Waals surface area (Å²) in [6, 6.07) is 13.0. The fourth-order valence-corrected chi connectivity index (χ4v) is 2.55. The summed E-state index contributed by atoms with van der Waals surface area (Å²) in [6.45, 7) is 1.22. The molecule has 0 N–H and O–H groups in total. The van der Waals surface area contributed by atoms with Gasteiger partial charge in [-0.2, -0.15) is 5.10 Å². The van der Waals surface area contributed by atoms with Crippen molar-refractivity contribution in [3.05, 3.63) is 70.2 Å². The standard InChI is InChI=1S/C17H17N3O2/c1-19-16(21)8-7-15(18-19)17(22)20-11-9-14(10-12-20)13-5-3-2-4-6-13/h2-9H,10-12H2,1H3. The Morgan fingerprint density at radius 2 is 1.91 bits per heavy atom. The number of hydrogen-bond acceptors (Lipinski definition) is 3. The van der Waals surface area contributed by atoms with E-state index in [-0.39, 0.29) is 11.5 Å². The normalized spacial score (nSPS) is 14.6. The van der Waals surface area contributed by atoms with Crippen molar-refractivity contribution in [1.82, 2.24) is 14.7 Å². The first-order valence-corrected chi connectivity index (χ1v) is 7.23. The molecule has 0 aliphatic carbocycles. The van der Waals surface area contributed by atoms with Gasteiger partial charge in [0, 0.05) is 26.2 Å². The minimum absolute atomic E-state index is 0.140. The molecular formula is C17H17N3O2. The number of rotatable bonds is 2. The van der Waals surface area contributed by atoms with Gasteiger partial charge < -0.3 is 4.90 Å². The van der Waals surface area contributed by atoms with Crippen LogP contribution >= 0.6 is 0 Å². The van der Waals surface area contributed by atoms with Crippen LogP contribution in [0.3, 0.4) is 0 Å². The summed E-state index contributed by atoms with van der Waals surface area (Å²) in [6.07, 6.45) is 2.90. The number of hydrogen-bond donors (Lipinski definition) is 0. The lowest BCUT2D eigenvalue weighted by atomic mass is 9.99. The van der Waals surface area contributed by atoms with Gasteiger partial charge in [0.05, 0.1) is 0 Å². The highest BCUT2D eigenvalue weighted by atomic mass is 16.2. The molecule has 0 saturated heterocycles. The van der Waals surface area contributed by atoms with E-state index in [4.69, 9.17) is 0 Å². The number of aryl methyl sites for hydroxylation is 1. The van der Waals surface area contributed by atoms with Gasteiger partial charge in [-0.05, 0) is 23.6 Å². The van der Waals surface area contributed by atoms with Gasteiger partial charge in [-0.25, -0.2) is 4.68 Å². The van der Waals surface area contributed by atoms with E-state index >= 15 is 0 Å². The van der Waals surface area contributed by atoms with Crippen molar-refractivity contribution < 1.29 is 4.79 Å². The van der Waals surface area contributed by atoms with E-state index in [0.717, 1.165) is 6.42 Å². The molecule has 5 nitrogen and oxygen atoms in total. The number of aromatic nitrogens is 2. The molecule has 22 heavy (non-hydrogen) atoms. The van der Waals surface area contributed by atoms with Gasteiger partial charge in [-0.3, -0.25) is 9.59 Å². The molecule has 1 aliphatic rings. The van der Waals surface area contributed by atoms with Crippen molar-refractivity contribution in [3.63, 3.8) is 0 Å². The zero-order valence-corrected chi connectivity index (χ0v) is 12.4. The minimum Gasteiger partial charge on any atom is -0.333 e. The Balaban J connectivity index is 1.75. The zero-order valence-electron chi connectivity index (χ0n) is 12.4. The monoisotopic (exact) mass is 295 g/mol. The summed E-state index contributed by atoms with van der Waals surface area (Å²) >= 11 is 0. The van der Waals surface area contributed by atoms with Crippen LogP contribution in [0.5, 0.6) is 0 Å². The van der Waals surface area contributed by atoms with Crippen molar-refractivity contribution in [1.29, 1.82) is 0 Å². The highest BCUT2D eigenvalue weighted by Gasteiger charge is 2.20. The van der Waals surface area contributed by atoms with E-state index < -0.39 is 0 Å². The van der Waals surface area contributed by atoms with Crippen molar-refractivity contribution in [2.24, 2.45) is 7.05 Å². The van der Waals surface area contributed by atoms with Crippen LogP contribution < -0.4 is 5.56 Å². The van der Waals surface area contributed by atoms with E-state index in [0.29, 0.717) is 18.8 Å². The molecule has 1 aromatic heterocycles. The molecule has 0 fully saturated rings. The molecule has 5 heteroatoms. The summed E-state index contributed by atoms with van der Waals surface area (Å²) in [7, 11) is 1.54. The minimum atomic E-state index is -0.221. The Hall–Kier alpha value is -2.69. The Morgan fingerprint density at radius 1 is 1.14 bits per heavy atom. The third-order valence-corrected chi connectivity index (χ3v) is 3.82. The second kappa shape index (κ2) is 5.97. The highest BCUT2D eigenvalue weighted by Crippen LogP contribution is 2.22. The number of carbonyl (C=O) groups is 1. The van der Waals surface area contributed by atoms with Crippen LogP contribution in [-0.2, 0) is 7.05 Å². The van der Waals surface area contributed by atoms with Gasteiger partial charge in [-0.1, -0.05) is 36.4 Å². The van der Waals surface area contributed by atoms with Crippen molar-refractivity contribution in [3.8, 4) is 0 Å². The molecule has 0 spiro atoms. The molecule has 1 aromatic carbocycles. The fraction of sp³-hybridized carbons (Fsp3) is 0.235. The molecule has 0 unspecified atom stereocenters. The summed E-state index contributed by atoms with van der Waals surface area (Å²) in [5.74, 6) is -0.140. The topological polar surface area (TPSA) is 55.2 Å².